The summed E-state index contributed by atoms with van der Waals surface area (Å²) >= 11 is 0. The van der Waals surface area contributed by atoms with E-state index in [1.807, 2.05) is 0 Å². The van der Waals surface area contributed by atoms with E-state index in [2.05, 4.69) is 14.0 Å². The van der Waals surface area contributed by atoms with Gasteiger partial charge in [0, 0.05) is 12.8 Å². The van der Waals surface area contributed by atoms with Crippen molar-refractivity contribution >= 4 is 25.3 Å². The van der Waals surface area contributed by atoms with Crippen LogP contribution in [0, 0.1) is 0 Å². The van der Waals surface area contributed by atoms with E-state index in [4.69, 9.17) is 10.2 Å². The predicted molar refractivity (Wildman–Crippen MR) is 92.4 cm³/mol. The quantitative estimate of drug-likeness (QED) is 0.573. The molecule has 0 radical (unpaired) electrons. The Kier molecular flexibility index (Phi) is 11.1. The highest BCUT2D eigenvalue weighted by molar-refractivity contribution is 7.59. The van der Waals surface area contributed by atoms with Gasteiger partial charge >= 0.3 is 17.9 Å². The molecule has 0 aromatic heterocycles. The predicted octanol–water partition coefficient (Wildman–Crippen LogP) is 1.07. The summed E-state index contributed by atoms with van der Waals surface area (Å²) in [7, 11) is 0.155. The summed E-state index contributed by atoms with van der Waals surface area (Å²) in [6.07, 6.45) is 0.750. The summed E-state index contributed by atoms with van der Waals surface area (Å²) in [5.74, 6) is -1.18. The lowest BCUT2D eigenvalue weighted by Gasteiger charge is -2.00. The number of rotatable bonds is 3. The topological polar surface area (TPSA) is 136 Å². The van der Waals surface area contributed by atoms with Crippen LogP contribution < -0.4 is 0 Å². The van der Waals surface area contributed by atoms with Crippen molar-refractivity contribution in [3.63, 3.8) is 0 Å². The minimum absolute atomic E-state index is 0.125. The molecule has 2 rings (SSSR count). The fraction of sp³-hybridized carbons (Fsp3) is 0.438. The lowest BCUT2D eigenvalue weighted by atomic mass is 10.1. The molecule has 1 aromatic carbocycles. The van der Waals surface area contributed by atoms with Crippen molar-refractivity contribution in [2.24, 2.45) is 0 Å². The van der Waals surface area contributed by atoms with Crippen molar-refractivity contribution in [3.05, 3.63) is 35.4 Å². The van der Waals surface area contributed by atoms with E-state index in [1.165, 1.54) is 45.1 Å². The SMILES string of the molecule is COC(=O)c1ccc(C(=O)OC)cc1.CP1(=O)CCC(=O)O1.OCCO. The molecule has 2 N–H and O–H groups in total. The number of methoxy groups -OCH3 is 2. The summed E-state index contributed by atoms with van der Waals surface area (Å²) in [6, 6.07) is 6.05. The van der Waals surface area contributed by atoms with Crippen molar-refractivity contribution < 1.29 is 43.2 Å². The Morgan fingerprint density at radius 2 is 1.42 bits per heavy atom. The number of esters is 2. The van der Waals surface area contributed by atoms with Gasteiger partial charge in [0.05, 0.1) is 45.0 Å². The van der Waals surface area contributed by atoms with E-state index in [9.17, 15) is 18.9 Å². The van der Waals surface area contributed by atoms with Crippen LogP contribution in [0.3, 0.4) is 0 Å². The highest BCUT2D eigenvalue weighted by Crippen LogP contribution is 2.48. The molecule has 0 amide bonds. The van der Waals surface area contributed by atoms with Crippen LogP contribution in [0.5, 0.6) is 0 Å². The zero-order valence-corrected chi connectivity index (χ0v) is 15.7. The Bertz CT molecular complexity index is 603. The molecule has 146 valence electrons. The van der Waals surface area contributed by atoms with E-state index >= 15 is 0 Å². The first kappa shape index (κ1) is 23.8. The third-order valence-corrected chi connectivity index (χ3v) is 4.47. The van der Waals surface area contributed by atoms with E-state index in [0.29, 0.717) is 23.7 Å². The number of aliphatic hydroxyl groups excluding tert-OH is 2. The van der Waals surface area contributed by atoms with Gasteiger partial charge in [0.2, 0.25) is 7.37 Å². The molecule has 9 nitrogen and oxygen atoms in total. The van der Waals surface area contributed by atoms with Crippen LogP contribution in [0.15, 0.2) is 24.3 Å². The van der Waals surface area contributed by atoms with Gasteiger partial charge in [0.1, 0.15) is 0 Å². The summed E-state index contributed by atoms with van der Waals surface area (Å²) < 4.78 is 24.3. The van der Waals surface area contributed by atoms with Crippen LogP contribution in [0.25, 0.3) is 0 Å². The van der Waals surface area contributed by atoms with Gasteiger partial charge in [-0.05, 0) is 24.3 Å². The average Bonchev–Trinajstić information content (AvgIpc) is 2.97. The van der Waals surface area contributed by atoms with Gasteiger partial charge in [-0.15, -0.1) is 0 Å². The molecule has 1 aromatic rings. The third-order valence-electron chi connectivity index (χ3n) is 2.84. The minimum Gasteiger partial charge on any atom is -0.465 e. The van der Waals surface area contributed by atoms with Crippen molar-refractivity contribution in [1.82, 2.24) is 0 Å². The van der Waals surface area contributed by atoms with Crippen molar-refractivity contribution in [2.45, 2.75) is 6.42 Å². The first-order valence-electron chi connectivity index (χ1n) is 7.48. The number of benzene rings is 1. The Morgan fingerprint density at radius 3 is 1.58 bits per heavy atom. The monoisotopic (exact) mass is 390 g/mol. The zero-order chi connectivity index (χ0) is 20.2. The average molecular weight is 390 g/mol. The lowest BCUT2D eigenvalue weighted by Crippen LogP contribution is -2.04. The second-order valence-corrected chi connectivity index (χ2v) is 7.62. The van der Waals surface area contributed by atoms with Crippen molar-refractivity contribution in [1.29, 1.82) is 0 Å². The van der Waals surface area contributed by atoms with E-state index < -0.39 is 19.3 Å². The molecule has 1 heterocycles. The van der Waals surface area contributed by atoms with E-state index in [0.717, 1.165) is 0 Å². The lowest BCUT2D eigenvalue weighted by molar-refractivity contribution is -0.132. The number of hydrogen-bond donors (Lipinski definition) is 2. The summed E-state index contributed by atoms with van der Waals surface area (Å²) in [4.78, 5) is 32.3. The van der Waals surface area contributed by atoms with Crippen LogP contribution in [0.4, 0.5) is 0 Å². The molecule has 10 heteroatoms. The second kappa shape index (κ2) is 12.2. The first-order chi connectivity index (χ1) is 12.2. The molecule has 0 bridgehead atoms. The Balaban J connectivity index is 0.000000437. The van der Waals surface area contributed by atoms with Crippen LogP contribution in [0.2, 0.25) is 0 Å². The van der Waals surface area contributed by atoms with E-state index in [1.54, 1.807) is 0 Å². The molecule has 1 unspecified atom stereocenters. The molecule has 26 heavy (non-hydrogen) atoms. The molecule has 0 aliphatic carbocycles. The van der Waals surface area contributed by atoms with Crippen LogP contribution in [-0.4, -0.2) is 68.4 Å². The Hall–Kier alpha value is -2.22. The number of carbonyl (C=O) groups is 3. The molecule has 1 aliphatic heterocycles. The number of aliphatic hydroxyl groups is 2. The fourth-order valence-electron chi connectivity index (χ4n) is 1.58. The summed E-state index contributed by atoms with van der Waals surface area (Å²) in [5, 5.41) is 15.2. The third kappa shape index (κ3) is 9.31. The smallest absolute Gasteiger partial charge is 0.337 e. The molecular weight excluding hydrogens is 367 g/mol. The summed E-state index contributed by atoms with van der Waals surface area (Å²) in [5.41, 5.74) is 0.806. The molecule has 1 aliphatic rings. The maximum absolute atomic E-state index is 11.0. The first-order valence-corrected chi connectivity index (χ1v) is 9.73. The fourth-order valence-corrected chi connectivity index (χ4v) is 2.78. The minimum atomic E-state index is -2.45. The molecule has 0 saturated carbocycles. The molecule has 1 saturated heterocycles. The van der Waals surface area contributed by atoms with Gasteiger partial charge in [-0.3, -0.25) is 9.36 Å². The standard InChI is InChI=1S/C10H10O4.C4H7O3P.C2H6O2/c1-13-9(11)7-3-5-8(6-4-7)10(12)14-2;1-8(6)3-2-4(5)7-8;3-1-2-4/h3-6H,1-2H3;2-3H2,1H3;3-4H,1-2H2. The highest BCUT2D eigenvalue weighted by Gasteiger charge is 2.28. The van der Waals surface area contributed by atoms with Gasteiger partial charge in [0.25, 0.3) is 0 Å². The maximum atomic E-state index is 11.0. The Labute approximate surface area is 151 Å². The Morgan fingerprint density at radius 1 is 1.04 bits per heavy atom. The van der Waals surface area contributed by atoms with Crippen LogP contribution in [0.1, 0.15) is 27.1 Å². The second-order valence-electron chi connectivity index (χ2n) is 4.96. The van der Waals surface area contributed by atoms with Gasteiger partial charge in [-0.1, -0.05) is 0 Å². The highest BCUT2D eigenvalue weighted by atomic mass is 31.2. The van der Waals surface area contributed by atoms with Crippen molar-refractivity contribution in [2.75, 3.05) is 40.3 Å². The number of carbonyl (C=O) groups excluding carboxylic acids is 3. The van der Waals surface area contributed by atoms with Crippen LogP contribution >= 0.6 is 7.37 Å². The van der Waals surface area contributed by atoms with Crippen LogP contribution in [-0.2, 0) is 23.4 Å². The van der Waals surface area contributed by atoms with Gasteiger partial charge in [-0.25, -0.2) is 9.59 Å². The van der Waals surface area contributed by atoms with Crippen molar-refractivity contribution in [3.8, 4) is 0 Å². The van der Waals surface area contributed by atoms with Gasteiger partial charge < -0.3 is 24.2 Å². The largest absolute Gasteiger partial charge is 0.465 e. The summed E-state index contributed by atoms with van der Waals surface area (Å²) in [6.45, 7) is 1.23. The molecule has 1 atom stereocenters. The molecule has 0 spiro atoms. The zero-order valence-electron chi connectivity index (χ0n) is 14.8. The van der Waals surface area contributed by atoms with E-state index in [-0.39, 0.29) is 19.2 Å². The number of ether oxygens (including phenoxy) is 2. The maximum Gasteiger partial charge on any atom is 0.337 e. The number of hydrogen-bond acceptors (Lipinski definition) is 9. The normalized spacial score (nSPS) is 17.7. The van der Waals surface area contributed by atoms with Gasteiger partial charge in [-0.2, -0.15) is 0 Å². The molecular formula is C16H23O9P. The molecule has 1 fully saturated rings. The van der Waals surface area contributed by atoms with Gasteiger partial charge in [0.15, 0.2) is 0 Å².